The van der Waals surface area contributed by atoms with Crippen LogP contribution in [0.15, 0.2) is 237 Å². The van der Waals surface area contributed by atoms with Crippen LogP contribution in [0.1, 0.15) is 0 Å². The number of nitrogens with zero attached hydrogens (tertiary/aromatic N) is 5. The van der Waals surface area contributed by atoms with Gasteiger partial charge in [0.05, 0.1) is 22.1 Å². The van der Waals surface area contributed by atoms with Gasteiger partial charge in [-0.1, -0.05) is 170 Å². The first-order valence-electron chi connectivity index (χ1n) is 23.3. The molecule has 0 saturated heterocycles. The van der Waals surface area contributed by atoms with E-state index in [2.05, 4.69) is 228 Å². The zero-order valence-corrected chi connectivity index (χ0v) is 38.0. The summed E-state index contributed by atoms with van der Waals surface area (Å²) in [5, 5.41) is 7.41. The van der Waals surface area contributed by atoms with Gasteiger partial charge in [0.1, 0.15) is 0 Å². The average Bonchev–Trinajstić information content (AvgIpc) is 4.09. The van der Waals surface area contributed by atoms with E-state index < -0.39 is 0 Å². The van der Waals surface area contributed by atoms with Crippen LogP contribution in [0, 0.1) is 0 Å². The molecule has 14 aromatic rings. The zero-order valence-electron chi connectivity index (χ0n) is 37.2. The Hall–Kier alpha value is -8.97. The molecule has 0 spiro atoms. The third-order valence-corrected chi connectivity index (χ3v) is 14.8. The number of aromatic nitrogens is 5. The number of benzene rings is 10. The predicted octanol–water partition coefficient (Wildman–Crippen LogP) is 16.8. The average molecular weight is 898 g/mol. The number of fused-ring (bicyclic) bond motifs is 9. The molecule has 0 unspecified atom stereocenters. The molecule has 14 rings (SSSR count). The summed E-state index contributed by atoms with van der Waals surface area (Å²) in [4.78, 5) is 15.9. The van der Waals surface area contributed by atoms with Crippen LogP contribution < -0.4 is 0 Å². The van der Waals surface area contributed by atoms with Gasteiger partial charge < -0.3 is 9.13 Å². The Balaban J connectivity index is 0.967. The van der Waals surface area contributed by atoms with Gasteiger partial charge in [0.15, 0.2) is 17.5 Å². The van der Waals surface area contributed by atoms with Gasteiger partial charge >= 0.3 is 0 Å². The predicted molar refractivity (Wildman–Crippen MR) is 289 cm³/mol. The lowest BCUT2D eigenvalue weighted by Gasteiger charge is -2.15. The van der Waals surface area contributed by atoms with E-state index in [1.165, 1.54) is 58.3 Å². The van der Waals surface area contributed by atoms with Gasteiger partial charge in [0, 0.05) is 69.8 Å². The molecule has 10 aromatic carbocycles. The first kappa shape index (κ1) is 39.2. The van der Waals surface area contributed by atoms with E-state index in [9.17, 15) is 0 Å². The largest absolute Gasteiger partial charge is 0.309 e. The Morgan fingerprint density at radius 1 is 0.275 bits per heavy atom. The SMILES string of the molecule is c1ccc(-c2cc(-c3nc(-c4ccccc4)nc(-c4cccc(-c5cccc6c5sc5ccccc56)c4)n3)cc(-n3c4ccccc4c4cc(-n5c6ccccc6c6ccccc65)ccc43)c2)cc1. The van der Waals surface area contributed by atoms with Crippen LogP contribution in [0.3, 0.4) is 0 Å². The molecule has 4 aromatic heterocycles. The molecular weight excluding hydrogens is 859 g/mol. The van der Waals surface area contributed by atoms with Gasteiger partial charge in [-0.15, -0.1) is 11.3 Å². The van der Waals surface area contributed by atoms with Crippen molar-refractivity contribution in [1.82, 2.24) is 24.1 Å². The molecule has 0 radical (unpaired) electrons. The highest BCUT2D eigenvalue weighted by Gasteiger charge is 2.20. The second-order valence-electron chi connectivity index (χ2n) is 17.6. The molecule has 0 atom stereocenters. The summed E-state index contributed by atoms with van der Waals surface area (Å²) in [7, 11) is 0. The molecular formula is C63H39N5S. The maximum atomic E-state index is 5.37. The van der Waals surface area contributed by atoms with Crippen molar-refractivity contribution in [3.8, 4) is 67.8 Å². The van der Waals surface area contributed by atoms with Gasteiger partial charge in [-0.05, 0) is 89.0 Å². The van der Waals surface area contributed by atoms with Crippen molar-refractivity contribution in [3.05, 3.63) is 237 Å². The highest BCUT2D eigenvalue weighted by Crippen LogP contribution is 2.42. The van der Waals surface area contributed by atoms with Crippen LogP contribution in [-0.4, -0.2) is 24.1 Å². The van der Waals surface area contributed by atoms with Crippen molar-refractivity contribution in [3.63, 3.8) is 0 Å². The van der Waals surface area contributed by atoms with Gasteiger partial charge in [0.2, 0.25) is 0 Å². The van der Waals surface area contributed by atoms with Crippen molar-refractivity contribution in [2.45, 2.75) is 0 Å². The van der Waals surface area contributed by atoms with Crippen LogP contribution >= 0.6 is 11.3 Å². The van der Waals surface area contributed by atoms with Crippen LogP contribution in [-0.2, 0) is 0 Å². The maximum absolute atomic E-state index is 5.37. The Kier molecular flexibility index (Phi) is 9.00. The maximum Gasteiger partial charge on any atom is 0.164 e. The summed E-state index contributed by atoms with van der Waals surface area (Å²) in [6, 6.07) is 84.5. The molecule has 322 valence electrons. The molecule has 6 heteroatoms. The Labute approximate surface area is 401 Å². The number of para-hydroxylation sites is 3. The van der Waals surface area contributed by atoms with Gasteiger partial charge in [-0.3, -0.25) is 0 Å². The van der Waals surface area contributed by atoms with Gasteiger partial charge in [0.25, 0.3) is 0 Å². The lowest BCUT2D eigenvalue weighted by Crippen LogP contribution is -2.02. The first-order chi connectivity index (χ1) is 34.2. The lowest BCUT2D eigenvalue weighted by molar-refractivity contribution is 1.07. The Morgan fingerprint density at radius 3 is 1.46 bits per heavy atom. The minimum atomic E-state index is 0.601. The van der Waals surface area contributed by atoms with E-state index in [0.29, 0.717) is 17.5 Å². The van der Waals surface area contributed by atoms with Crippen molar-refractivity contribution in [2.75, 3.05) is 0 Å². The first-order valence-corrected chi connectivity index (χ1v) is 24.1. The summed E-state index contributed by atoms with van der Waals surface area (Å²) in [5.41, 5.74) is 14.0. The highest BCUT2D eigenvalue weighted by molar-refractivity contribution is 7.26. The standard InChI is InChI=1S/C63H39N5S/c1-3-17-40(18-4-1)44-36-45(38-47(37-44)68-57-31-13-9-25-51(57)54-39-46(33-34-58(54)68)67-55-29-11-7-23-49(55)50-24-8-12-30-56(50)67)63-65-61(41-19-5-2-6-20-41)64-62(66-63)43-22-15-21-42(35-43)48-27-16-28-53-52-26-10-14-32-59(52)69-60(48)53/h1-39H. The molecule has 4 heterocycles. The fraction of sp³-hybridized carbons (Fsp3) is 0. The summed E-state index contributed by atoms with van der Waals surface area (Å²) >= 11 is 1.84. The number of thiophene rings is 1. The number of rotatable bonds is 7. The second kappa shape index (κ2) is 15.8. The van der Waals surface area contributed by atoms with Crippen LogP contribution in [0.25, 0.3) is 132 Å². The quantitative estimate of drug-likeness (QED) is 0.160. The van der Waals surface area contributed by atoms with Crippen molar-refractivity contribution < 1.29 is 0 Å². The summed E-state index contributed by atoms with van der Waals surface area (Å²) in [6.07, 6.45) is 0. The molecule has 0 saturated carbocycles. The van der Waals surface area contributed by atoms with Crippen molar-refractivity contribution in [2.24, 2.45) is 0 Å². The van der Waals surface area contributed by atoms with Gasteiger partial charge in [-0.2, -0.15) is 0 Å². The van der Waals surface area contributed by atoms with Crippen molar-refractivity contribution in [1.29, 1.82) is 0 Å². The van der Waals surface area contributed by atoms with E-state index in [4.69, 9.17) is 15.0 Å². The smallest absolute Gasteiger partial charge is 0.164 e. The zero-order chi connectivity index (χ0) is 45.4. The number of hydrogen-bond donors (Lipinski definition) is 0. The van der Waals surface area contributed by atoms with Crippen LogP contribution in [0.2, 0.25) is 0 Å². The summed E-state index contributed by atoms with van der Waals surface area (Å²) in [5.74, 6) is 1.84. The van der Waals surface area contributed by atoms with E-state index in [1.807, 2.05) is 29.5 Å². The van der Waals surface area contributed by atoms with E-state index in [-0.39, 0.29) is 0 Å². The van der Waals surface area contributed by atoms with Crippen LogP contribution in [0.4, 0.5) is 0 Å². The summed E-state index contributed by atoms with van der Waals surface area (Å²) in [6.45, 7) is 0. The lowest BCUT2D eigenvalue weighted by atomic mass is 10.00. The third-order valence-electron chi connectivity index (χ3n) is 13.5. The molecule has 69 heavy (non-hydrogen) atoms. The summed E-state index contributed by atoms with van der Waals surface area (Å²) < 4.78 is 7.35. The van der Waals surface area contributed by atoms with Crippen molar-refractivity contribution >= 4 is 75.1 Å². The van der Waals surface area contributed by atoms with E-state index >= 15 is 0 Å². The van der Waals surface area contributed by atoms with E-state index in [0.717, 1.165) is 55.8 Å². The minimum absolute atomic E-state index is 0.601. The highest BCUT2D eigenvalue weighted by atomic mass is 32.1. The molecule has 0 aliphatic carbocycles. The Morgan fingerprint density at radius 2 is 0.754 bits per heavy atom. The molecule has 5 nitrogen and oxygen atoms in total. The number of hydrogen-bond acceptors (Lipinski definition) is 4. The normalized spacial score (nSPS) is 11.8. The molecule has 0 aliphatic rings. The molecule has 0 aliphatic heterocycles. The molecule has 0 bridgehead atoms. The van der Waals surface area contributed by atoms with Gasteiger partial charge in [-0.25, -0.2) is 15.0 Å². The van der Waals surface area contributed by atoms with E-state index in [1.54, 1.807) is 0 Å². The topological polar surface area (TPSA) is 48.5 Å². The Bertz CT molecular complexity index is 4260. The second-order valence-corrected chi connectivity index (χ2v) is 18.6. The van der Waals surface area contributed by atoms with Crippen LogP contribution in [0.5, 0.6) is 0 Å². The molecule has 0 fully saturated rings. The molecule has 0 N–H and O–H groups in total. The minimum Gasteiger partial charge on any atom is -0.309 e. The third kappa shape index (κ3) is 6.49. The molecule has 0 amide bonds. The fourth-order valence-corrected chi connectivity index (χ4v) is 11.6. The fourth-order valence-electron chi connectivity index (χ4n) is 10.4. The monoisotopic (exact) mass is 897 g/mol.